The summed E-state index contributed by atoms with van der Waals surface area (Å²) < 4.78 is 0. The van der Waals surface area contributed by atoms with Gasteiger partial charge >= 0.3 is 6.03 Å². The molecule has 3 rings (SSSR count). The smallest absolute Gasteiger partial charge is 0.315 e. The van der Waals surface area contributed by atoms with Crippen molar-refractivity contribution in [1.82, 2.24) is 15.5 Å². The van der Waals surface area contributed by atoms with Gasteiger partial charge in [-0.3, -0.25) is 4.79 Å². The van der Waals surface area contributed by atoms with Crippen LogP contribution in [0.2, 0.25) is 0 Å². The first-order valence-electron chi connectivity index (χ1n) is 9.52. The zero-order valence-corrected chi connectivity index (χ0v) is 15.1. The maximum absolute atomic E-state index is 12.6. The molecule has 2 saturated carbocycles. The summed E-state index contributed by atoms with van der Waals surface area (Å²) in [5, 5.41) is 5.54. The monoisotopic (exact) mass is 343 g/mol. The fourth-order valence-corrected chi connectivity index (χ4v) is 3.62. The fourth-order valence-electron chi connectivity index (χ4n) is 3.62. The summed E-state index contributed by atoms with van der Waals surface area (Å²) in [7, 11) is 0. The third-order valence-corrected chi connectivity index (χ3v) is 5.17. The number of carbonyl (C=O) groups excluding carboxylic acids is 2. The lowest BCUT2D eigenvalue weighted by molar-refractivity contribution is -0.133. The molecule has 0 heterocycles. The lowest BCUT2D eigenvalue weighted by Crippen LogP contribution is -2.48. The van der Waals surface area contributed by atoms with Crippen LogP contribution in [0.1, 0.15) is 56.1 Å². The third kappa shape index (κ3) is 5.21. The van der Waals surface area contributed by atoms with E-state index < -0.39 is 0 Å². The van der Waals surface area contributed by atoms with Crippen LogP contribution in [0.15, 0.2) is 24.3 Å². The number of amides is 3. The van der Waals surface area contributed by atoms with Crippen molar-refractivity contribution in [3.8, 4) is 0 Å². The lowest BCUT2D eigenvalue weighted by Gasteiger charge is -2.34. The normalized spacial score (nSPS) is 17.8. The van der Waals surface area contributed by atoms with Crippen LogP contribution in [0.5, 0.6) is 0 Å². The van der Waals surface area contributed by atoms with Gasteiger partial charge in [0.25, 0.3) is 0 Å². The zero-order valence-electron chi connectivity index (χ0n) is 15.1. The van der Waals surface area contributed by atoms with Crippen molar-refractivity contribution in [2.24, 2.45) is 0 Å². The van der Waals surface area contributed by atoms with Crippen LogP contribution in [0.4, 0.5) is 4.79 Å². The molecule has 1 aromatic rings. The molecule has 136 valence electrons. The molecule has 1 aromatic carbocycles. The molecule has 0 unspecified atom stereocenters. The van der Waals surface area contributed by atoms with Gasteiger partial charge in [-0.1, -0.05) is 49.1 Å². The molecule has 5 heteroatoms. The van der Waals surface area contributed by atoms with E-state index in [-0.39, 0.29) is 18.5 Å². The first-order chi connectivity index (χ1) is 12.1. The lowest BCUT2D eigenvalue weighted by atomic mass is 9.94. The van der Waals surface area contributed by atoms with Gasteiger partial charge in [-0.15, -0.1) is 0 Å². The van der Waals surface area contributed by atoms with E-state index in [9.17, 15) is 9.59 Å². The second kappa shape index (κ2) is 8.37. The quantitative estimate of drug-likeness (QED) is 0.834. The van der Waals surface area contributed by atoms with Crippen molar-refractivity contribution in [1.29, 1.82) is 0 Å². The highest BCUT2D eigenvalue weighted by Crippen LogP contribution is 2.33. The number of nitrogens with one attached hydrogen (secondary N) is 2. The number of hydrogen-bond donors (Lipinski definition) is 2. The van der Waals surface area contributed by atoms with E-state index in [1.54, 1.807) is 0 Å². The number of benzene rings is 1. The molecule has 0 aliphatic heterocycles. The van der Waals surface area contributed by atoms with Crippen molar-refractivity contribution in [2.45, 2.75) is 70.5 Å². The molecule has 3 amide bonds. The highest BCUT2D eigenvalue weighted by molar-refractivity contribution is 5.84. The second-order valence-electron chi connectivity index (χ2n) is 7.35. The molecule has 2 fully saturated rings. The Morgan fingerprint density at radius 2 is 1.60 bits per heavy atom. The van der Waals surface area contributed by atoms with Crippen LogP contribution in [0, 0.1) is 6.92 Å². The Morgan fingerprint density at radius 3 is 2.24 bits per heavy atom. The predicted octanol–water partition coefficient (Wildman–Crippen LogP) is 3.12. The van der Waals surface area contributed by atoms with Gasteiger partial charge in [-0.05, 0) is 38.2 Å². The van der Waals surface area contributed by atoms with Crippen molar-refractivity contribution in [3.63, 3.8) is 0 Å². The molecule has 0 saturated heterocycles. The Morgan fingerprint density at radius 1 is 0.960 bits per heavy atom. The molecular weight excluding hydrogens is 314 g/mol. The minimum Gasteiger partial charge on any atom is -0.335 e. The summed E-state index contributed by atoms with van der Waals surface area (Å²) in [6.07, 6.45) is 8.16. The van der Waals surface area contributed by atoms with Gasteiger partial charge in [0.2, 0.25) is 5.91 Å². The SMILES string of the molecule is Cc1ccc(CNC(=O)NCC(=O)N(C2CCCCC2)C2CC2)cc1. The zero-order chi connectivity index (χ0) is 17.6. The summed E-state index contributed by atoms with van der Waals surface area (Å²) in [6, 6.07) is 8.55. The Labute approximate surface area is 150 Å². The number of nitrogens with zero attached hydrogens (tertiary/aromatic N) is 1. The summed E-state index contributed by atoms with van der Waals surface area (Å²) in [5.74, 6) is 0.0693. The van der Waals surface area contributed by atoms with E-state index in [0.29, 0.717) is 18.6 Å². The Bertz CT molecular complexity index is 589. The molecule has 0 spiro atoms. The molecule has 0 aromatic heterocycles. The topological polar surface area (TPSA) is 61.4 Å². The van der Waals surface area contributed by atoms with E-state index in [1.807, 2.05) is 31.2 Å². The first-order valence-corrected chi connectivity index (χ1v) is 9.52. The van der Waals surface area contributed by atoms with Crippen LogP contribution in [0.3, 0.4) is 0 Å². The van der Waals surface area contributed by atoms with Crippen molar-refractivity contribution < 1.29 is 9.59 Å². The van der Waals surface area contributed by atoms with Gasteiger partial charge in [0.1, 0.15) is 0 Å². The van der Waals surface area contributed by atoms with Gasteiger partial charge in [-0.25, -0.2) is 4.79 Å². The number of aryl methyl sites for hydroxylation is 1. The molecule has 5 nitrogen and oxygen atoms in total. The number of carbonyl (C=O) groups is 2. The molecular formula is C20H29N3O2. The average molecular weight is 343 g/mol. The fraction of sp³-hybridized carbons (Fsp3) is 0.600. The molecule has 25 heavy (non-hydrogen) atoms. The number of urea groups is 1. The average Bonchev–Trinajstić information content (AvgIpc) is 3.45. The number of hydrogen-bond acceptors (Lipinski definition) is 2. The largest absolute Gasteiger partial charge is 0.335 e. The minimum atomic E-state index is -0.284. The van der Waals surface area contributed by atoms with Gasteiger partial charge in [0, 0.05) is 18.6 Å². The van der Waals surface area contributed by atoms with Gasteiger partial charge < -0.3 is 15.5 Å². The molecule has 0 radical (unpaired) electrons. The van der Waals surface area contributed by atoms with E-state index >= 15 is 0 Å². The van der Waals surface area contributed by atoms with Crippen LogP contribution < -0.4 is 10.6 Å². The molecule has 2 aliphatic rings. The molecule has 2 aliphatic carbocycles. The highest BCUT2D eigenvalue weighted by atomic mass is 16.2. The summed E-state index contributed by atoms with van der Waals surface area (Å²) in [6.45, 7) is 2.59. The maximum Gasteiger partial charge on any atom is 0.315 e. The van der Waals surface area contributed by atoms with E-state index in [0.717, 1.165) is 31.2 Å². The van der Waals surface area contributed by atoms with E-state index in [4.69, 9.17) is 0 Å². The van der Waals surface area contributed by atoms with E-state index in [2.05, 4.69) is 15.5 Å². The highest BCUT2D eigenvalue weighted by Gasteiger charge is 2.37. The van der Waals surface area contributed by atoms with Crippen LogP contribution >= 0.6 is 0 Å². The first kappa shape index (κ1) is 17.8. The minimum absolute atomic E-state index is 0.0693. The molecule has 0 bridgehead atoms. The Hall–Kier alpha value is -2.04. The molecule has 0 atom stereocenters. The molecule has 2 N–H and O–H groups in total. The van der Waals surface area contributed by atoms with Gasteiger partial charge in [0.15, 0.2) is 0 Å². The van der Waals surface area contributed by atoms with Crippen molar-refractivity contribution in [3.05, 3.63) is 35.4 Å². The summed E-state index contributed by atoms with van der Waals surface area (Å²) in [4.78, 5) is 26.7. The van der Waals surface area contributed by atoms with Crippen molar-refractivity contribution >= 4 is 11.9 Å². The summed E-state index contributed by atoms with van der Waals surface area (Å²) >= 11 is 0. The van der Waals surface area contributed by atoms with Crippen LogP contribution in [-0.4, -0.2) is 35.5 Å². The second-order valence-corrected chi connectivity index (χ2v) is 7.35. The third-order valence-electron chi connectivity index (χ3n) is 5.17. The van der Waals surface area contributed by atoms with E-state index in [1.165, 1.54) is 24.8 Å². The standard InChI is InChI=1S/C20H29N3O2/c1-15-7-9-16(10-8-15)13-21-20(25)22-14-19(24)23(18-11-12-18)17-5-3-2-4-6-17/h7-10,17-18H,2-6,11-14H2,1H3,(H2,21,22,25). The van der Waals surface area contributed by atoms with Gasteiger partial charge in [0.05, 0.1) is 6.54 Å². The Balaban J connectivity index is 1.43. The number of rotatable bonds is 6. The van der Waals surface area contributed by atoms with Crippen LogP contribution in [-0.2, 0) is 11.3 Å². The van der Waals surface area contributed by atoms with Gasteiger partial charge in [-0.2, -0.15) is 0 Å². The Kier molecular flexibility index (Phi) is 5.95. The van der Waals surface area contributed by atoms with Crippen molar-refractivity contribution in [2.75, 3.05) is 6.54 Å². The summed E-state index contributed by atoms with van der Waals surface area (Å²) in [5.41, 5.74) is 2.25. The van der Waals surface area contributed by atoms with Crippen LogP contribution in [0.25, 0.3) is 0 Å². The predicted molar refractivity (Wildman–Crippen MR) is 98.2 cm³/mol. The maximum atomic E-state index is 12.6.